The number of rotatable bonds is 4. The van der Waals surface area contributed by atoms with Gasteiger partial charge in [0.15, 0.2) is 0 Å². The van der Waals surface area contributed by atoms with Gasteiger partial charge in [0.05, 0.1) is 11.1 Å². The van der Waals surface area contributed by atoms with Crippen LogP contribution in [0.15, 0.2) is 24.3 Å². The van der Waals surface area contributed by atoms with Gasteiger partial charge in [-0.25, -0.2) is 0 Å². The van der Waals surface area contributed by atoms with Crippen molar-refractivity contribution in [1.82, 2.24) is 0 Å². The van der Waals surface area contributed by atoms with Crippen molar-refractivity contribution in [2.45, 2.75) is 49.5 Å². The van der Waals surface area contributed by atoms with Gasteiger partial charge in [-0.05, 0) is 62.5 Å². The predicted molar refractivity (Wildman–Crippen MR) is 90.5 cm³/mol. The van der Waals surface area contributed by atoms with Crippen LogP contribution in [0, 0.1) is 17.3 Å². The zero-order valence-corrected chi connectivity index (χ0v) is 14.8. The second-order valence-corrected chi connectivity index (χ2v) is 9.40. The highest BCUT2D eigenvalue weighted by Crippen LogP contribution is 2.64. The highest BCUT2D eigenvalue weighted by atomic mass is 79.9. The summed E-state index contributed by atoms with van der Waals surface area (Å²) in [7, 11) is 0. The van der Waals surface area contributed by atoms with Crippen LogP contribution in [0.25, 0.3) is 0 Å². The molecule has 24 heavy (non-hydrogen) atoms. The average Bonchev–Trinajstić information content (AvgIpc) is 2.46. The molecule has 1 amide bonds. The van der Waals surface area contributed by atoms with Crippen LogP contribution in [0.3, 0.4) is 0 Å². The molecule has 0 aliphatic heterocycles. The van der Waals surface area contributed by atoms with Crippen LogP contribution in [0.4, 0.5) is 14.5 Å². The fourth-order valence-corrected chi connectivity index (χ4v) is 6.89. The van der Waals surface area contributed by atoms with Gasteiger partial charge in [-0.15, -0.1) is 0 Å². The summed E-state index contributed by atoms with van der Waals surface area (Å²) in [4.78, 5) is 13.1. The number of para-hydroxylation sites is 2. The van der Waals surface area contributed by atoms with Gasteiger partial charge in [-0.1, -0.05) is 28.1 Å². The molecule has 6 heteroatoms. The van der Waals surface area contributed by atoms with E-state index in [1.807, 2.05) is 0 Å². The van der Waals surface area contributed by atoms with Crippen molar-refractivity contribution in [3.63, 3.8) is 0 Å². The van der Waals surface area contributed by atoms with E-state index in [4.69, 9.17) is 0 Å². The molecule has 4 saturated carbocycles. The zero-order chi connectivity index (χ0) is 16.9. The minimum Gasteiger partial charge on any atom is -0.433 e. The van der Waals surface area contributed by atoms with Crippen LogP contribution in [0.2, 0.25) is 0 Å². The highest BCUT2D eigenvalue weighted by Gasteiger charge is 2.59. The molecule has 3 nitrogen and oxygen atoms in total. The Morgan fingerprint density at radius 3 is 2.50 bits per heavy atom. The SMILES string of the molecule is O=C(Nc1ccccc1OC(F)F)C12CC3CC(CC(Br)(C3)C1)C2. The number of anilines is 1. The van der Waals surface area contributed by atoms with Gasteiger partial charge in [-0.2, -0.15) is 8.78 Å². The molecule has 0 radical (unpaired) electrons. The maximum absolute atomic E-state index is 13.1. The van der Waals surface area contributed by atoms with Crippen LogP contribution in [0.1, 0.15) is 38.5 Å². The van der Waals surface area contributed by atoms with E-state index in [1.165, 1.54) is 12.5 Å². The fraction of sp³-hybridized carbons (Fsp3) is 0.611. The van der Waals surface area contributed by atoms with Crippen molar-refractivity contribution >= 4 is 27.5 Å². The van der Waals surface area contributed by atoms with E-state index >= 15 is 0 Å². The first-order chi connectivity index (χ1) is 11.4. The number of alkyl halides is 3. The van der Waals surface area contributed by atoms with E-state index in [2.05, 4.69) is 26.0 Å². The molecule has 2 unspecified atom stereocenters. The average molecular weight is 400 g/mol. The summed E-state index contributed by atoms with van der Waals surface area (Å²) in [6.45, 7) is -2.91. The Morgan fingerprint density at radius 1 is 1.21 bits per heavy atom. The van der Waals surface area contributed by atoms with E-state index in [0.717, 1.165) is 32.1 Å². The number of nitrogens with one attached hydrogen (secondary N) is 1. The molecule has 1 aromatic rings. The molecule has 4 bridgehead atoms. The number of hydrogen-bond acceptors (Lipinski definition) is 2. The van der Waals surface area contributed by atoms with Gasteiger partial charge >= 0.3 is 6.61 Å². The quantitative estimate of drug-likeness (QED) is 0.726. The van der Waals surface area contributed by atoms with Crippen molar-refractivity contribution in [3.05, 3.63) is 24.3 Å². The Morgan fingerprint density at radius 2 is 1.88 bits per heavy atom. The zero-order valence-electron chi connectivity index (χ0n) is 13.2. The third kappa shape index (κ3) is 2.83. The Hall–Kier alpha value is -1.17. The van der Waals surface area contributed by atoms with Crippen molar-refractivity contribution in [1.29, 1.82) is 0 Å². The topological polar surface area (TPSA) is 38.3 Å². The van der Waals surface area contributed by atoms with E-state index in [-0.39, 0.29) is 21.4 Å². The number of carbonyl (C=O) groups is 1. The van der Waals surface area contributed by atoms with Crippen molar-refractivity contribution in [3.8, 4) is 5.75 Å². The first-order valence-corrected chi connectivity index (χ1v) is 9.21. The lowest BCUT2D eigenvalue weighted by Crippen LogP contribution is -2.57. The second-order valence-electron chi connectivity index (χ2n) is 7.72. The third-order valence-corrected chi connectivity index (χ3v) is 6.75. The van der Waals surface area contributed by atoms with Crippen LogP contribution in [-0.2, 0) is 4.79 Å². The minimum absolute atomic E-state index is 0.0131. The van der Waals surface area contributed by atoms with E-state index in [9.17, 15) is 13.6 Å². The van der Waals surface area contributed by atoms with Gasteiger partial charge < -0.3 is 10.1 Å². The summed E-state index contributed by atoms with van der Waals surface area (Å²) in [6, 6.07) is 6.39. The summed E-state index contributed by atoms with van der Waals surface area (Å²) in [5.74, 6) is 1.14. The second kappa shape index (κ2) is 5.68. The maximum Gasteiger partial charge on any atom is 0.387 e. The van der Waals surface area contributed by atoms with Gasteiger partial charge in [0, 0.05) is 4.32 Å². The number of halogens is 3. The standard InChI is InChI=1S/C18H20BrF2NO2/c19-18-8-11-5-12(9-18)7-17(6-11,10-18)15(23)22-13-3-1-2-4-14(13)24-16(20)21/h1-4,11-12,16H,5-10H2,(H,22,23). The lowest BCUT2D eigenvalue weighted by Gasteiger charge is -2.59. The van der Waals surface area contributed by atoms with E-state index in [0.29, 0.717) is 17.5 Å². The number of benzene rings is 1. The van der Waals surface area contributed by atoms with Gasteiger partial charge in [-0.3, -0.25) is 4.79 Å². The molecule has 2 atom stereocenters. The molecule has 1 aromatic carbocycles. The van der Waals surface area contributed by atoms with Crippen molar-refractivity contribution in [2.75, 3.05) is 5.32 Å². The molecular formula is C18H20BrF2NO2. The minimum atomic E-state index is -2.91. The summed E-state index contributed by atoms with van der Waals surface area (Å²) in [5.41, 5.74) is -0.0620. The normalized spacial score (nSPS) is 36.8. The molecule has 0 spiro atoms. The lowest BCUT2D eigenvalue weighted by molar-refractivity contribution is -0.138. The monoisotopic (exact) mass is 399 g/mol. The van der Waals surface area contributed by atoms with Gasteiger partial charge in [0.1, 0.15) is 5.75 Å². The van der Waals surface area contributed by atoms with Crippen LogP contribution in [0.5, 0.6) is 5.75 Å². The first kappa shape index (κ1) is 16.3. The molecule has 4 fully saturated rings. The summed E-state index contributed by atoms with van der Waals surface area (Å²) in [5, 5.41) is 2.87. The summed E-state index contributed by atoms with van der Waals surface area (Å²) in [6.07, 6.45) is 6.14. The molecule has 130 valence electrons. The first-order valence-electron chi connectivity index (χ1n) is 8.42. The molecule has 5 rings (SSSR count). The van der Waals surface area contributed by atoms with Crippen LogP contribution < -0.4 is 10.1 Å². The van der Waals surface area contributed by atoms with E-state index < -0.39 is 6.61 Å². The molecule has 0 heterocycles. The Kier molecular flexibility index (Phi) is 3.86. The molecule has 1 N–H and O–H groups in total. The number of amides is 1. The smallest absolute Gasteiger partial charge is 0.387 e. The number of ether oxygens (including phenoxy) is 1. The molecule has 4 aliphatic rings. The molecule has 0 aromatic heterocycles. The Bertz CT molecular complexity index is 652. The molecular weight excluding hydrogens is 380 g/mol. The van der Waals surface area contributed by atoms with Crippen molar-refractivity contribution in [2.24, 2.45) is 17.3 Å². The highest BCUT2D eigenvalue weighted by molar-refractivity contribution is 9.10. The summed E-state index contributed by atoms with van der Waals surface area (Å²) < 4.78 is 29.7. The Balaban J connectivity index is 1.57. The van der Waals surface area contributed by atoms with Crippen LogP contribution >= 0.6 is 15.9 Å². The lowest BCUT2D eigenvalue weighted by atomic mass is 9.49. The molecule has 4 aliphatic carbocycles. The Labute approximate surface area is 148 Å². The summed E-state index contributed by atoms with van der Waals surface area (Å²) >= 11 is 3.89. The van der Waals surface area contributed by atoms with Gasteiger partial charge in [0.25, 0.3) is 0 Å². The maximum atomic E-state index is 13.1. The number of carbonyl (C=O) groups excluding carboxylic acids is 1. The van der Waals surface area contributed by atoms with Crippen LogP contribution in [-0.4, -0.2) is 16.8 Å². The van der Waals surface area contributed by atoms with Gasteiger partial charge in [0.2, 0.25) is 5.91 Å². The predicted octanol–water partition coefficient (Wildman–Crippen LogP) is 4.96. The molecule has 0 saturated heterocycles. The number of hydrogen-bond donors (Lipinski definition) is 1. The largest absolute Gasteiger partial charge is 0.433 e. The third-order valence-electron chi connectivity index (χ3n) is 5.82. The van der Waals surface area contributed by atoms with Crippen molar-refractivity contribution < 1.29 is 18.3 Å². The van der Waals surface area contributed by atoms with E-state index in [1.54, 1.807) is 18.2 Å². The fourth-order valence-electron chi connectivity index (χ4n) is 5.44.